The van der Waals surface area contributed by atoms with Crippen LogP contribution in [0.5, 0.6) is 5.75 Å². The Morgan fingerprint density at radius 1 is 0.913 bits per heavy atom. The highest BCUT2D eigenvalue weighted by atomic mass is 16.5. The molecule has 0 radical (unpaired) electrons. The maximum absolute atomic E-state index is 5.92. The predicted molar refractivity (Wildman–Crippen MR) is 93.6 cm³/mol. The zero-order valence-corrected chi connectivity index (χ0v) is 14.4. The molecule has 0 fully saturated rings. The monoisotopic (exact) mass is 314 g/mol. The van der Waals surface area contributed by atoms with Gasteiger partial charge in [0.1, 0.15) is 25.0 Å². The van der Waals surface area contributed by atoms with Crippen molar-refractivity contribution in [1.82, 2.24) is 0 Å². The maximum atomic E-state index is 5.92. The molecule has 0 spiro atoms. The van der Waals surface area contributed by atoms with E-state index in [0.29, 0.717) is 31.9 Å². The average molecular weight is 314 g/mol. The van der Waals surface area contributed by atoms with Crippen LogP contribution in [-0.4, -0.2) is 25.3 Å². The molecule has 2 aromatic carbocycles. The third-order valence-electron chi connectivity index (χ3n) is 3.59. The van der Waals surface area contributed by atoms with Crippen LogP contribution < -0.4 is 10.1 Å². The lowest BCUT2D eigenvalue weighted by Crippen LogP contribution is -2.95. The number of ether oxygens (including phenoxy) is 2. The number of hydrogen-bond donors (Lipinski definition) is 1. The summed E-state index contributed by atoms with van der Waals surface area (Å²) in [6.07, 6.45) is 0. The van der Waals surface area contributed by atoms with Gasteiger partial charge in [-0.05, 0) is 38.5 Å². The second kappa shape index (κ2) is 9.33. The van der Waals surface area contributed by atoms with Crippen molar-refractivity contribution < 1.29 is 14.8 Å². The molecular weight excluding hydrogens is 286 g/mol. The third-order valence-corrected chi connectivity index (χ3v) is 3.59. The van der Waals surface area contributed by atoms with Crippen molar-refractivity contribution in [3.05, 3.63) is 65.7 Å². The molecule has 23 heavy (non-hydrogen) atoms. The Bertz CT molecular complexity index is 552. The Hall–Kier alpha value is -1.84. The molecule has 0 aromatic heterocycles. The fourth-order valence-corrected chi connectivity index (χ4v) is 2.44. The van der Waals surface area contributed by atoms with E-state index in [0.717, 1.165) is 5.75 Å². The van der Waals surface area contributed by atoms with E-state index >= 15 is 0 Å². The molecule has 2 aromatic rings. The summed E-state index contributed by atoms with van der Waals surface area (Å²) in [7, 11) is 0. The van der Waals surface area contributed by atoms with Gasteiger partial charge in [0.05, 0.1) is 12.6 Å². The molecule has 0 amide bonds. The maximum Gasteiger partial charge on any atom is 0.144 e. The minimum atomic E-state index is 0.292. The highest BCUT2D eigenvalue weighted by Gasteiger charge is 2.15. The highest BCUT2D eigenvalue weighted by Crippen LogP contribution is 2.11. The minimum Gasteiger partial charge on any atom is -0.487 e. The summed E-state index contributed by atoms with van der Waals surface area (Å²) in [6, 6.07) is 19.3. The number of quaternary nitrogens is 1. The molecule has 0 aliphatic heterocycles. The molecule has 0 unspecified atom stereocenters. The normalized spacial score (nSPS) is 12.3. The van der Waals surface area contributed by atoms with Crippen molar-refractivity contribution in [1.29, 1.82) is 0 Å². The summed E-state index contributed by atoms with van der Waals surface area (Å²) in [4.78, 5) is 0. The van der Waals surface area contributed by atoms with E-state index in [2.05, 4.69) is 50.4 Å². The summed E-state index contributed by atoms with van der Waals surface area (Å²) >= 11 is 0. The van der Waals surface area contributed by atoms with E-state index in [1.807, 2.05) is 30.3 Å². The van der Waals surface area contributed by atoms with Crippen LogP contribution >= 0.6 is 0 Å². The van der Waals surface area contributed by atoms with Gasteiger partial charge in [-0.3, -0.25) is 0 Å². The number of rotatable bonds is 9. The lowest BCUT2D eigenvalue weighted by atomic mass is 10.2. The SMILES string of the molecule is Cc1ccc(OC[C@H](COCc2ccccc2)[NH2+]C(C)C)cc1. The Kier molecular flexibility index (Phi) is 7.11. The van der Waals surface area contributed by atoms with Gasteiger partial charge < -0.3 is 14.8 Å². The first-order valence-corrected chi connectivity index (χ1v) is 8.29. The molecule has 2 N–H and O–H groups in total. The highest BCUT2D eigenvalue weighted by molar-refractivity contribution is 5.26. The van der Waals surface area contributed by atoms with Crippen molar-refractivity contribution in [3.63, 3.8) is 0 Å². The summed E-state index contributed by atoms with van der Waals surface area (Å²) in [6.45, 7) is 8.44. The van der Waals surface area contributed by atoms with Crippen molar-refractivity contribution in [2.24, 2.45) is 0 Å². The molecular formula is C20H28NO2+. The lowest BCUT2D eigenvalue weighted by Gasteiger charge is -2.19. The summed E-state index contributed by atoms with van der Waals surface area (Å²) in [5.41, 5.74) is 2.45. The molecule has 2 rings (SSSR count). The molecule has 3 nitrogen and oxygen atoms in total. The molecule has 3 heteroatoms. The van der Waals surface area contributed by atoms with Gasteiger partial charge in [-0.2, -0.15) is 0 Å². The minimum absolute atomic E-state index is 0.292. The third kappa shape index (κ3) is 6.85. The molecule has 1 atom stereocenters. The Balaban J connectivity index is 1.80. The largest absolute Gasteiger partial charge is 0.487 e. The van der Waals surface area contributed by atoms with E-state index in [9.17, 15) is 0 Å². The van der Waals surface area contributed by atoms with Crippen LogP contribution in [0.1, 0.15) is 25.0 Å². The summed E-state index contributed by atoms with van der Waals surface area (Å²) in [5, 5.41) is 2.30. The molecule has 0 aliphatic rings. The first-order valence-electron chi connectivity index (χ1n) is 8.29. The molecule has 124 valence electrons. The number of nitrogens with two attached hydrogens (primary N) is 1. The molecule has 0 saturated heterocycles. The standard InChI is InChI=1S/C20H27NO2/c1-16(2)21-19(14-22-13-18-7-5-4-6-8-18)15-23-20-11-9-17(3)10-12-20/h4-12,16,19,21H,13-15H2,1-3H3/p+1/t19-/m0/s1. The van der Waals surface area contributed by atoms with Gasteiger partial charge in [0.25, 0.3) is 0 Å². The topological polar surface area (TPSA) is 35.1 Å². The zero-order valence-electron chi connectivity index (χ0n) is 14.4. The van der Waals surface area contributed by atoms with Crippen LogP contribution in [-0.2, 0) is 11.3 Å². The van der Waals surface area contributed by atoms with E-state index in [1.54, 1.807) is 0 Å². The first kappa shape index (κ1) is 17.5. The van der Waals surface area contributed by atoms with E-state index in [-0.39, 0.29) is 0 Å². The smallest absolute Gasteiger partial charge is 0.144 e. The second-order valence-electron chi connectivity index (χ2n) is 6.32. The number of benzene rings is 2. The van der Waals surface area contributed by atoms with E-state index in [1.165, 1.54) is 11.1 Å². The molecule has 0 aliphatic carbocycles. The summed E-state index contributed by atoms with van der Waals surface area (Å²) in [5.74, 6) is 0.917. The predicted octanol–water partition coefficient (Wildman–Crippen LogP) is 2.93. The van der Waals surface area contributed by atoms with Gasteiger partial charge >= 0.3 is 0 Å². The van der Waals surface area contributed by atoms with Gasteiger partial charge in [-0.25, -0.2) is 0 Å². The van der Waals surface area contributed by atoms with Crippen LogP contribution in [0.3, 0.4) is 0 Å². The number of hydrogen-bond acceptors (Lipinski definition) is 2. The fourth-order valence-electron chi connectivity index (χ4n) is 2.44. The summed E-state index contributed by atoms with van der Waals surface area (Å²) < 4.78 is 11.8. The lowest BCUT2D eigenvalue weighted by molar-refractivity contribution is -0.718. The van der Waals surface area contributed by atoms with Crippen molar-refractivity contribution >= 4 is 0 Å². The van der Waals surface area contributed by atoms with Gasteiger partial charge in [0, 0.05) is 0 Å². The zero-order chi connectivity index (χ0) is 16.5. The average Bonchev–Trinajstić information content (AvgIpc) is 2.54. The Morgan fingerprint density at radius 2 is 1.61 bits per heavy atom. The van der Waals surface area contributed by atoms with Crippen LogP contribution in [0.4, 0.5) is 0 Å². The van der Waals surface area contributed by atoms with Crippen molar-refractivity contribution in [2.45, 2.75) is 39.5 Å². The number of aryl methyl sites for hydroxylation is 1. The van der Waals surface area contributed by atoms with Gasteiger partial charge in [0.2, 0.25) is 0 Å². The van der Waals surface area contributed by atoms with E-state index in [4.69, 9.17) is 9.47 Å². The van der Waals surface area contributed by atoms with Crippen molar-refractivity contribution in [2.75, 3.05) is 13.2 Å². The van der Waals surface area contributed by atoms with Crippen molar-refractivity contribution in [3.8, 4) is 5.75 Å². The van der Waals surface area contributed by atoms with Gasteiger partial charge in [-0.15, -0.1) is 0 Å². The van der Waals surface area contributed by atoms with E-state index < -0.39 is 0 Å². The van der Waals surface area contributed by atoms with Crippen LogP contribution in [0.2, 0.25) is 0 Å². The Morgan fingerprint density at radius 3 is 2.26 bits per heavy atom. The fraction of sp³-hybridized carbons (Fsp3) is 0.400. The first-order chi connectivity index (χ1) is 11.1. The van der Waals surface area contributed by atoms with Crippen LogP contribution in [0.25, 0.3) is 0 Å². The van der Waals surface area contributed by atoms with Crippen LogP contribution in [0, 0.1) is 6.92 Å². The van der Waals surface area contributed by atoms with Crippen LogP contribution in [0.15, 0.2) is 54.6 Å². The second-order valence-corrected chi connectivity index (χ2v) is 6.32. The van der Waals surface area contributed by atoms with Gasteiger partial charge in [0.15, 0.2) is 0 Å². The van der Waals surface area contributed by atoms with Gasteiger partial charge in [-0.1, -0.05) is 48.0 Å². The molecule has 0 saturated carbocycles. The molecule has 0 bridgehead atoms. The quantitative estimate of drug-likeness (QED) is 0.772. The molecule has 0 heterocycles. The Labute approximate surface area is 139 Å².